The average molecular weight is 335 g/mol. The minimum atomic E-state index is 0.847. The van der Waals surface area contributed by atoms with Crippen LogP contribution in [0.1, 0.15) is 5.56 Å². The van der Waals surface area contributed by atoms with Crippen molar-refractivity contribution in [1.82, 2.24) is 0 Å². The molecule has 0 aliphatic heterocycles. The number of hydrogen-bond acceptors (Lipinski definition) is 3. The Morgan fingerprint density at radius 2 is 2.00 bits per heavy atom. The van der Waals surface area contributed by atoms with E-state index in [1.807, 2.05) is 13.1 Å². The number of hydrogen-bond donors (Lipinski definition) is 1. The van der Waals surface area contributed by atoms with E-state index in [9.17, 15) is 0 Å². The molecule has 0 aliphatic rings. The largest absolute Gasteiger partial charge is 0.496 e. The summed E-state index contributed by atoms with van der Waals surface area (Å²) in [7, 11) is 5.69. The summed E-state index contributed by atoms with van der Waals surface area (Å²) in [5, 5.41) is 3.16. The third-order valence-electron chi connectivity index (χ3n) is 3.21. The third-order valence-corrected chi connectivity index (χ3v) is 3.83. The van der Waals surface area contributed by atoms with Gasteiger partial charge in [0.2, 0.25) is 0 Å². The Morgan fingerprint density at radius 1 is 1.20 bits per heavy atom. The molecule has 0 bridgehead atoms. The van der Waals surface area contributed by atoms with Crippen LogP contribution in [-0.4, -0.2) is 21.2 Å². The lowest BCUT2D eigenvalue weighted by Gasteiger charge is -2.20. The highest BCUT2D eigenvalue weighted by atomic mass is 79.9. The van der Waals surface area contributed by atoms with E-state index in [0.29, 0.717) is 0 Å². The van der Waals surface area contributed by atoms with Crippen LogP contribution in [0.5, 0.6) is 5.75 Å². The minimum Gasteiger partial charge on any atom is -0.496 e. The van der Waals surface area contributed by atoms with E-state index in [0.717, 1.165) is 28.1 Å². The molecule has 2 aromatic carbocycles. The van der Waals surface area contributed by atoms with Gasteiger partial charge in [-0.25, -0.2) is 0 Å². The molecule has 4 heteroatoms. The molecule has 0 spiro atoms. The average Bonchev–Trinajstić information content (AvgIpc) is 2.47. The van der Waals surface area contributed by atoms with Crippen molar-refractivity contribution in [3.63, 3.8) is 0 Å². The Bertz CT molecular complexity index is 586. The van der Waals surface area contributed by atoms with Crippen LogP contribution >= 0.6 is 15.9 Å². The van der Waals surface area contributed by atoms with Crippen LogP contribution in [0.15, 0.2) is 46.9 Å². The molecular weight excluding hydrogens is 316 g/mol. The van der Waals surface area contributed by atoms with Crippen molar-refractivity contribution in [2.75, 3.05) is 31.4 Å². The molecule has 0 aromatic heterocycles. The van der Waals surface area contributed by atoms with Gasteiger partial charge in [0.25, 0.3) is 0 Å². The molecule has 2 aromatic rings. The number of ether oxygens (including phenoxy) is 1. The lowest BCUT2D eigenvalue weighted by Crippen LogP contribution is -2.16. The van der Waals surface area contributed by atoms with Crippen LogP contribution in [0.2, 0.25) is 0 Å². The summed E-state index contributed by atoms with van der Waals surface area (Å²) in [6.07, 6.45) is 0. The summed E-state index contributed by atoms with van der Waals surface area (Å²) >= 11 is 3.52. The van der Waals surface area contributed by atoms with Gasteiger partial charge in [-0.05, 0) is 51.8 Å². The maximum Gasteiger partial charge on any atom is 0.133 e. The molecule has 0 amide bonds. The van der Waals surface area contributed by atoms with Gasteiger partial charge in [-0.15, -0.1) is 0 Å². The second-order valence-corrected chi connectivity index (χ2v) is 5.48. The van der Waals surface area contributed by atoms with Gasteiger partial charge in [0.15, 0.2) is 0 Å². The maximum absolute atomic E-state index is 5.25. The van der Waals surface area contributed by atoms with Gasteiger partial charge in [-0.2, -0.15) is 0 Å². The summed E-state index contributed by atoms with van der Waals surface area (Å²) in [5.74, 6) is 0.847. The lowest BCUT2D eigenvalue weighted by atomic mass is 10.2. The van der Waals surface area contributed by atoms with Crippen LogP contribution < -0.4 is 15.0 Å². The molecule has 0 atom stereocenters. The third kappa shape index (κ3) is 3.45. The van der Waals surface area contributed by atoms with E-state index in [2.05, 4.69) is 69.6 Å². The molecule has 0 saturated carbocycles. The monoisotopic (exact) mass is 334 g/mol. The van der Waals surface area contributed by atoms with E-state index < -0.39 is 0 Å². The SMILES string of the molecule is CNc1cccc(CN(C)c2ccc(OC)c(Br)c2)c1. The Kier molecular flexibility index (Phi) is 4.90. The van der Waals surface area contributed by atoms with E-state index in [-0.39, 0.29) is 0 Å². The first-order valence-corrected chi connectivity index (χ1v) is 7.24. The predicted molar refractivity (Wildman–Crippen MR) is 88.8 cm³/mol. The molecule has 0 aliphatic carbocycles. The fraction of sp³-hybridized carbons (Fsp3) is 0.250. The van der Waals surface area contributed by atoms with Crippen LogP contribution in [-0.2, 0) is 6.54 Å². The second kappa shape index (κ2) is 6.66. The summed E-state index contributed by atoms with van der Waals surface area (Å²) in [6, 6.07) is 14.5. The van der Waals surface area contributed by atoms with Crippen molar-refractivity contribution in [3.8, 4) is 5.75 Å². The predicted octanol–water partition coefficient (Wildman–Crippen LogP) is 4.14. The van der Waals surface area contributed by atoms with Gasteiger partial charge in [0.05, 0.1) is 11.6 Å². The zero-order chi connectivity index (χ0) is 14.5. The topological polar surface area (TPSA) is 24.5 Å². The highest BCUT2D eigenvalue weighted by Crippen LogP contribution is 2.29. The molecule has 106 valence electrons. The van der Waals surface area contributed by atoms with E-state index in [1.165, 1.54) is 5.56 Å². The smallest absolute Gasteiger partial charge is 0.133 e. The minimum absolute atomic E-state index is 0.847. The van der Waals surface area contributed by atoms with Crippen molar-refractivity contribution in [3.05, 3.63) is 52.5 Å². The molecule has 0 unspecified atom stereocenters. The molecular formula is C16H19BrN2O. The van der Waals surface area contributed by atoms with Gasteiger partial charge in [-0.3, -0.25) is 0 Å². The molecule has 0 fully saturated rings. The van der Waals surface area contributed by atoms with E-state index in [1.54, 1.807) is 7.11 Å². The summed E-state index contributed by atoms with van der Waals surface area (Å²) < 4.78 is 6.22. The number of methoxy groups -OCH3 is 1. The highest BCUT2D eigenvalue weighted by Gasteiger charge is 2.06. The first-order valence-electron chi connectivity index (χ1n) is 6.45. The van der Waals surface area contributed by atoms with Gasteiger partial charge < -0.3 is 15.0 Å². The second-order valence-electron chi connectivity index (χ2n) is 4.63. The zero-order valence-corrected chi connectivity index (χ0v) is 13.6. The normalized spacial score (nSPS) is 10.2. The molecule has 0 heterocycles. The first kappa shape index (κ1) is 14.7. The molecule has 0 saturated heterocycles. The highest BCUT2D eigenvalue weighted by molar-refractivity contribution is 9.10. The van der Waals surface area contributed by atoms with Crippen LogP contribution in [0.4, 0.5) is 11.4 Å². The van der Waals surface area contributed by atoms with Crippen LogP contribution in [0, 0.1) is 0 Å². The van der Waals surface area contributed by atoms with Gasteiger partial charge in [0, 0.05) is 32.0 Å². The number of anilines is 2. The fourth-order valence-corrected chi connectivity index (χ4v) is 2.61. The van der Waals surface area contributed by atoms with Crippen molar-refractivity contribution in [2.45, 2.75) is 6.54 Å². The van der Waals surface area contributed by atoms with E-state index in [4.69, 9.17) is 4.74 Å². The molecule has 0 radical (unpaired) electrons. The van der Waals surface area contributed by atoms with Crippen LogP contribution in [0.3, 0.4) is 0 Å². The number of rotatable bonds is 5. The van der Waals surface area contributed by atoms with Gasteiger partial charge in [-0.1, -0.05) is 12.1 Å². The van der Waals surface area contributed by atoms with Gasteiger partial charge >= 0.3 is 0 Å². The molecule has 3 nitrogen and oxygen atoms in total. The Labute approximate surface area is 128 Å². The zero-order valence-electron chi connectivity index (χ0n) is 12.0. The van der Waals surface area contributed by atoms with Crippen molar-refractivity contribution in [2.24, 2.45) is 0 Å². The fourth-order valence-electron chi connectivity index (χ4n) is 2.08. The number of halogens is 1. The van der Waals surface area contributed by atoms with Crippen molar-refractivity contribution >= 4 is 27.3 Å². The Hall–Kier alpha value is -1.68. The number of nitrogens with zero attached hydrogens (tertiary/aromatic N) is 1. The summed E-state index contributed by atoms with van der Waals surface area (Å²) in [4.78, 5) is 2.21. The summed E-state index contributed by atoms with van der Waals surface area (Å²) in [6.45, 7) is 0.855. The Balaban J connectivity index is 2.14. The molecule has 20 heavy (non-hydrogen) atoms. The quantitative estimate of drug-likeness (QED) is 0.889. The summed E-state index contributed by atoms with van der Waals surface area (Å²) in [5.41, 5.74) is 3.55. The van der Waals surface area contributed by atoms with E-state index >= 15 is 0 Å². The molecule has 2 rings (SSSR count). The maximum atomic E-state index is 5.25. The molecule has 1 N–H and O–H groups in total. The van der Waals surface area contributed by atoms with Gasteiger partial charge in [0.1, 0.15) is 5.75 Å². The number of nitrogens with one attached hydrogen (secondary N) is 1. The first-order chi connectivity index (χ1) is 9.63. The lowest BCUT2D eigenvalue weighted by molar-refractivity contribution is 0.412. The van der Waals surface area contributed by atoms with Crippen molar-refractivity contribution in [1.29, 1.82) is 0 Å². The Morgan fingerprint density at radius 3 is 2.65 bits per heavy atom. The standard InChI is InChI=1S/C16H19BrN2O/c1-18-13-6-4-5-12(9-13)11-19(2)14-7-8-16(20-3)15(17)10-14/h4-10,18H,11H2,1-3H3. The number of benzene rings is 2. The van der Waals surface area contributed by atoms with Crippen molar-refractivity contribution < 1.29 is 4.74 Å². The van der Waals surface area contributed by atoms with Crippen LogP contribution in [0.25, 0.3) is 0 Å².